The molecule has 1 aromatic rings. The molecule has 1 N–H and O–H groups in total. The number of nitrogens with zero attached hydrogens (tertiary/aromatic N) is 1. The second kappa shape index (κ2) is 5.88. The molecule has 0 heterocycles. The van der Waals surface area contributed by atoms with Crippen molar-refractivity contribution in [2.24, 2.45) is 17.8 Å². The lowest BCUT2D eigenvalue weighted by molar-refractivity contribution is -0.145. The molecular formula is C17H23NO3. The van der Waals surface area contributed by atoms with Gasteiger partial charge in [-0.15, -0.1) is 0 Å². The highest BCUT2D eigenvalue weighted by Gasteiger charge is 2.42. The highest BCUT2D eigenvalue weighted by molar-refractivity contribution is 5.97. The number of aryl methyl sites for hydroxylation is 2. The second-order valence-electron chi connectivity index (χ2n) is 6.37. The van der Waals surface area contributed by atoms with Gasteiger partial charge in [-0.3, -0.25) is 9.59 Å². The average Bonchev–Trinajstić information content (AvgIpc) is 2.78. The van der Waals surface area contributed by atoms with Crippen molar-refractivity contribution >= 4 is 17.6 Å². The zero-order valence-electron chi connectivity index (χ0n) is 13.1. The topological polar surface area (TPSA) is 57.6 Å². The molecule has 21 heavy (non-hydrogen) atoms. The number of amides is 1. The van der Waals surface area contributed by atoms with Gasteiger partial charge in [0.05, 0.1) is 11.8 Å². The van der Waals surface area contributed by atoms with Crippen LogP contribution in [0.2, 0.25) is 0 Å². The normalized spacial score (nSPS) is 24.9. The number of hydrogen-bond donors (Lipinski definition) is 1. The van der Waals surface area contributed by atoms with E-state index in [4.69, 9.17) is 0 Å². The second-order valence-corrected chi connectivity index (χ2v) is 6.37. The molecule has 0 bridgehead atoms. The lowest BCUT2D eigenvalue weighted by atomic mass is 9.94. The van der Waals surface area contributed by atoms with Crippen molar-refractivity contribution in [1.29, 1.82) is 0 Å². The largest absolute Gasteiger partial charge is 0.481 e. The van der Waals surface area contributed by atoms with Crippen molar-refractivity contribution in [3.8, 4) is 0 Å². The van der Waals surface area contributed by atoms with Gasteiger partial charge in [0, 0.05) is 12.7 Å². The predicted octanol–water partition coefficient (Wildman–Crippen LogP) is 3.01. The van der Waals surface area contributed by atoms with E-state index in [1.807, 2.05) is 32.9 Å². The average molecular weight is 289 g/mol. The molecule has 2 rings (SSSR count). The van der Waals surface area contributed by atoms with Crippen LogP contribution in [0.1, 0.15) is 30.9 Å². The van der Waals surface area contributed by atoms with Crippen LogP contribution in [0.15, 0.2) is 18.2 Å². The summed E-state index contributed by atoms with van der Waals surface area (Å²) in [4.78, 5) is 25.7. The Morgan fingerprint density at radius 1 is 1.10 bits per heavy atom. The molecule has 1 amide bonds. The summed E-state index contributed by atoms with van der Waals surface area (Å²) in [5.74, 6) is -1.62. The molecule has 1 aliphatic rings. The number of carbonyl (C=O) groups is 2. The predicted molar refractivity (Wildman–Crippen MR) is 82.3 cm³/mol. The quantitative estimate of drug-likeness (QED) is 0.930. The number of rotatable bonds is 3. The molecular weight excluding hydrogens is 266 g/mol. The van der Waals surface area contributed by atoms with Crippen LogP contribution in [-0.4, -0.2) is 24.0 Å². The van der Waals surface area contributed by atoms with Gasteiger partial charge in [-0.2, -0.15) is 0 Å². The lowest BCUT2D eigenvalue weighted by Gasteiger charge is -2.24. The number of hydrogen-bond acceptors (Lipinski definition) is 2. The number of carboxylic acid groups (broad SMARTS) is 1. The summed E-state index contributed by atoms with van der Waals surface area (Å²) in [6, 6.07) is 5.97. The van der Waals surface area contributed by atoms with Gasteiger partial charge in [0.15, 0.2) is 0 Å². The maximum absolute atomic E-state index is 12.7. The molecule has 1 aromatic carbocycles. The van der Waals surface area contributed by atoms with Crippen LogP contribution >= 0.6 is 0 Å². The van der Waals surface area contributed by atoms with Gasteiger partial charge in [0.1, 0.15) is 0 Å². The van der Waals surface area contributed by atoms with E-state index >= 15 is 0 Å². The van der Waals surface area contributed by atoms with E-state index in [9.17, 15) is 14.7 Å². The van der Waals surface area contributed by atoms with Crippen LogP contribution in [0.5, 0.6) is 0 Å². The minimum atomic E-state index is -0.855. The van der Waals surface area contributed by atoms with Gasteiger partial charge < -0.3 is 10.0 Å². The molecule has 1 fully saturated rings. The Bertz CT molecular complexity index is 547. The monoisotopic (exact) mass is 289 g/mol. The van der Waals surface area contributed by atoms with E-state index in [0.29, 0.717) is 12.8 Å². The molecule has 3 atom stereocenters. The SMILES string of the molecule is Cc1cc(C)cc(N(C)C(=O)C2CC(C)CC2C(=O)O)c1. The molecule has 1 saturated carbocycles. The number of benzene rings is 1. The molecule has 114 valence electrons. The molecule has 0 spiro atoms. The summed E-state index contributed by atoms with van der Waals surface area (Å²) < 4.78 is 0. The summed E-state index contributed by atoms with van der Waals surface area (Å²) in [5.41, 5.74) is 3.03. The van der Waals surface area contributed by atoms with Gasteiger partial charge in [-0.1, -0.05) is 13.0 Å². The third kappa shape index (κ3) is 3.26. The third-order valence-corrected chi connectivity index (χ3v) is 4.36. The molecule has 0 saturated heterocycles. The van der Waals surface area contributed by atoms with E-state index in [-0.39, 0.29) is 11.8 Å². The molecule has 0 aliphatic heterocycles. The van der Waals surface area contributed by atoms with E-state index in [1.165, 1.54) is 0 Å². The fourth-order valence-electron chi connectivity index (χ4n) is 3.36. The van der Waals surface area contributed by atoms with Crippen molar-refractivity contribution < 1.29 is 14.7 Å². The van der Waals surface area contributed by atoms with E-state index in [2.05, 4.69) is 6.07 Å². The van der Waals surface area contributed by atoms with Crippen molar-refractivity contribution in [3.05, 3.63) is 29.3 Å². The Balaban J connectivity index is 2.24. The molecule has 0 radical (unpaired) electrons. The van der Waals surface area contributed by atoms with Crippen LogP contribution in [0.3, 0.4) is 0 Å². The van der Waals surface area contributed by atoms with E-state index in [0.717, 1.165) is 16.8 Å². The Labute approximate surface area is 125 Å². The summed E-state index contributed by atoms with van der Waals surface area (Å²) in [7, 11) is 1.73. The first-order chi connectivity index (χ1) is 9.79. The molecule has 3 unspecified atom stereocenters. The van der Waals surface area contributed by atoms with Gasteiger partial charge in [-0.25, -0.2) is 0 Å². The summed E-state index contributed by atoms with van der Waals surface area (Å²) in [5, 5.41) is 9.32. The summed E-state index contributed by atoms with van der Waals surface area (Å²) in [6.45, 7) is 6.00. The first kappa shape index (κ1) is 15.5. The van der Waals surface area contributed by atoms with Gasteiger partial charge in [0.25, 0.3) is 0 Å². The minimum Gasteiger partial charge on any atom is -0.481 e. The van der Waals surface area contributed by atoms with Crippen LogP contribution < -0.4 is 4.90 Å². The van der Waals surface area contributed by atoms with Crippen LogP contribution in [0, 0.1) is 31.6 Å². The number of anilines is 1. The fourth-order valence-corrected chi connectivity index (χ4v) is 3.36. The van der Waals surface area contributed by atoms with Crippen molar-refractivity contribution in [1.82, 2.24) is 0 Å². The fraction of sp³-hybridized carbons (Fsp3) is 0.529. The zero-order chi connectivity index (χ0) is 15.7. The number of aliphatic carboxylic acids is 1. The Kier molecular flexibility index (Phi) is 4.35. The zero-order valence-corrected chi connectivity index (χ0v) is 13.1. The Morgan fingerprint density at radius 3 is 2.14 bits per heavy atom. The van der Waals surface area contributed by atoms with Gasteiger partial charge >= 0.3 is 5.97 Å². The highest BCUT2D eigenvalue weighted by atomic mass is 16.4. The van der Waals surface area contributed by atoms with Gasteiger partial charge in [-0.05, 0) is 55.9 Å². The lowest BCUT2D eigenvalue weighted by Crippen LogP contribution is -2.36. The highest BCUT2D eigenvalue weighted by Crippen LogP contribution is 2.38. The molecule has 0 aromatic heterocycles. The minimum absolute atomic E-state index is 0.0863. The van der Waals surface area contributed by atoms with Crippen molar-refractivity contribution in [2.75, 3.05) is 11.9 Å². The Hall–Kier alpha value is -1.84. The number of carbonyl (C=O) groups excluding carboxylic acids is 1. The maximum Gasteiger partial charge on any atom is 0.307 e. The number of carboxylic acids is 1. The molecule has 4 heteroatoms. The smallest absolute Gasteiger partial charge is 0.307 e. The first-order valence-electron chi connectivity index (χ1n) is 7.38. The van der Waals surface area contributed by atoms with Crippen LogP contribution in [-0.2, 0) is 9.59 Å². The summed E-state index contributed by atoms with van der Waals surface area (Å²) >= 11 is 0. The van der Waals surface area contributed by atoms with Crippen LogP contribution in [0.4, 0.5) is 5.69 Å². The first-order valence-corrected chi connectivity index (χ1v) is 7.38. The van der Waals surface area contributed by atoms with E-state index in [1.54, 1.807) is 11.9 Å². The molecule has 4 nitrogen and oxygen atoms in total. The van der Waals surface area contributed by atoms with Crippen LogP contribution in [0.25, 0.3) is 0 Å². The van der Waals surface area contributed by atoms with Crippen molar-refractivity contribution in [3.63, 3.8) is 0 Å². The Morgan fingerprint density at radius 2 is 1.62 bits per heavy atom. The van der Waals surface area contributed by atoms with Crippen molar-refractivity contribution in [2.45, 2.75) is 33.6 Å². The molecule has 1 aliphatic carbocycles. The standard InChI is InChI=1S/C17H23NO3/c1-10-5-11(2)7-13(6-10)18(4)16(19)14-8-12(3)9-15(14)17(20)21/h5-7,12,14-15H,8-9H2,1-4H3,(H,20,21). The van der Waals surface area contributed by atoms with Gasteiger partial charge in [0.2, 0.25) is 5.91 Å². The summed E-state index contributed by atoms with van der Waals surface area (Å²) in [6.07, 6.45) is 1.25. The van der Waals surface area contributed by atoms with E-state index < -0.39 is 17.8 Å². The third-order valence-electron chi connectivity index (χ3n) is 4.36. The maximum atomic E-state index is 12.7.